The van der Waals surface area contributed by atoms with Gasteiger partial charge >= 0.3 is 0 Å². The first-order chi connectivity index (χ1) is 15.0. The number of hydrogen-bond donors (Lipinski definition) is 2. The molecule has 0 unspecified atom stereocenters. The zero-order valence-electron chi connectivity index (χ0n) is 15.8. The lowest BCUT2D eigenvalue weighted by molar-refractivity contribution is 0.0950. The van der Waals surface area contributed by atoms with Gasteiger partial charge in [0.25, 0.3) is 5.91 Å². The summed E-state index contributed by atoms with van der Waals surface area (Å²) in [5, 5.41) is 19.9. The molecule has 3 heterocycles. The van der Waals surface area contributed by atoms with Gasteiger partial charge in [-0.2, -0.15) is 9.78 Å². The van der Waals surface area contributed by atoms with Gasteiger partial charge in [0.15, 0.2) is 5.69 Å². The molecule has 4 aromatic rings. The van der Waals surface area contributed by atoms with E-state index in [0.29, 0.717) is 16.3 Å². The average Bonchev–Trinajstić information content (AvgIpc) is 3.40. The third kappa shape index (κ3) is 4.09. The maximum atomic E-state index is 12.9. The molecule has 0 aliphatic rings. The Morgan fingerprint density at radius 1 is 1.23 bits per heavy atom. The summed E-state index contributed by atoms with van der Waals surface area (Å²) in [4.78, 5) is 16.9. The van der Waals surface area contributed by atoms with Crippen molar-refractivity contribution in [2.45, 2.75) is 6.92 Å². The highest BCUT2D eigenvalue weighted by molar-refractivity contribution is 6.42. The largest absolute Gasteiger partial charge is 0.378 e. The van der Waals surface area contributed by atoms with E-state index in [1.807, 2.05) is 6.07 Å². The summed E-state index contributed by atoms with van der Waals surface area (Å²) in [6.07, 6.45) is 3.27. The number of carbonyl (C=O) groups is 1. The topological polar surface area (TPSA) is 150 Å². The van der Waals surface area contributed by atoms with E-state index < -0.39 is 5.91 Å². The molecule has 156 valence electrons. The number of carbonyl (C=O) groups excluding carboxylic acids is 1. The molecule has 0 saturated carbocycles. The van der Waals surface area contributed by atoms with Gasteiger partial charge in [-0.3, -0.25) is 9.78 Å². The first-order valence-electron chi connectivity index (χ1n) is 8.70. The number of rotatable bonds is 5. The number of pyridine rings is 1. The number of halogens is 2. The third-order valence-electron chi connectivity index (χ3n) is 4.18. The van der Waals surface area contributed by atoms with Gasteiger partial charge in [-0.25, -0.2) is 10.1 Å². The molecular formula is C18H13Cl2N9O2. The minimum absolute atomic E-state index is 0.0383. The fourth-order valence-electron chi connectivity index (χ4n) is 2.65. The Labute approximate surface area is 184 Å². The van der Waals surface area contributed by atoms with Crippen LogP contribution < -0.4 is 11.2 Å². The van der Waals surface area contributed by atoms with Gasteiger partial charge in [0, 0.05) is 23.5 Å². The summed E-state index contributed by atoms with van der Waals surface area (Å²) in [5.74, 6) is -0.600. The van der Waals surface area contributed by atoms with Crippen LogP contribution in [0.1, 0.15) is 23.0 Å². The van der Waals surface area contributed by atoms with E-state index in [1.54, 1.807) is 43.6 Å². The van der Waals surface area contributed by atoms with E-state index in [4.69, 9.17) is 28.9 Å². The lowest BCUT2D eigenvalue weighted by Crippen LogP contribution is -2.21. The number of nitrogens with zero attached hydrogens (tertiary/aromatic N) is 7. The van der Waals surface area contributed by atoms with E-state index in [-0.39, 0.29) is 28.0 Å². The summed E-state index contributed by atoms with van der Waals surface area (Å²) >= 11 is 12.2. The molecule has 0 radical (unpaired) electrons. The smallest absolute Gasteiger partial charge is 0.294 e. The number of hydrazone groups is 1. The number of aromatic nitrogens is 6. The molecule has 1 amide bonds. The van der Waals surface area contributed by atoms with Crippen molar-refractivity contribution in [3.8, 4) is 17.1 Å². The van der Waals surface area contributed by atoms with Crippen LogP contribution in [0.5, 0.6) is 0 Å². The van der Waals surface area contributed by atoms with Crippen molar-refractivity contribution in [3.05, 3.63) is 64.0 Å². The Hall–Kier alpha value is -3.83. The molecule has 0 spiro atoms. The average molecular weight is 458 g/mol. The Morgan fingerprint density at radius 2 is 2.06 bits per heavy atom. The first kappa shape index (κ1) is 20.4. The van der Waals surface area contributed by atoms with E-state index >= 15 is 0 Å². The van der Waals surface area contributed by atoms with E-state index in [9.17, 15) is 4.79 Å². The predicted octanol–water partition coefficient (Wildman–Crippen LogP) is 2.76. The molecule has 31 heavy (non-hydrogen) atoms. The monoisotopic (exact) mass is 457 g/mol. The van der Waals surface area contributed by atoms with Gasteiger partial charge in [-0.15, -0.1) is 5.10 Å². The SMILES string of the molecule is CC(=NNC(=O)c1nnn(-c2nonc2N)c1-c1ccc(Cl)c(Cl)c1)c1cccnc1. The van der Waals surface area contributed by atoms with Crippen LogP contribution in [0.15, 0.2) is 52.5 Å². The highest BCUT2D eigenvalue weighted by Crippen LogP contribution is 2.31. The summed E-state index contributed by atoms with van der Waals surface area (Å²) < 4.78 is 5.86. The molecule has 0 bridgehead atoms. The van der Waals surface area contributed by atoms with Crippen LogP contribution in [-0.4, -0.2) is 41.9 Å². The van der Waals surface area contributed by atoms with E-state index in [2.05, 4.69) is 40.8 Å². The molecule has 13 heteroatoms. The molecule has 0 fully saturated rings. The summed E-state index contributed by atoms with van der Waals surface area (Å²) in [5.41, 5.74) is 10.2. The second-order valence-corrected chi connectivity index (χ2v) is 6.99. The minimum atomic E-state index is -0.620. The van der Waals surface area contributed by atoms with Gasteiger partial charge in [0.1, 0.15) is 5.69 Å². The third-order valence-corrected chi connectivity index (χ3v) is 4.92. The highest BCUT2D eigenvalue weighted by atomic mass is 35.5. The second kappa shape index (κ2) is 8.50. The lowest BCUT2D eigenvalue weighted by atomic mass is 10.1. The Kier molecular flexibility index (Phi) is 5.60. The second-order valence-electron chi connectivity index (χ2n) is 6.18. The fraction of sp³-hybridized carbons (Fsp3) is 0.0556. The molecule has 3 aromatic heterocycles. The number of nitrogens with two attached hydrogens (primary N) is 1. The minimum Gasteiger partial charge on any atom is -0.378 e. The van der Waals surface area contributed by atoms with Gasteiger partial charge in [-0.1, -0.05) is 40.5 Å². The standard InChI is InChI=1S/C18H13Cl2N9O2/c1-9(11-3-2-6-22-8-11)23-25-18(30)14-15(10-4-5-12(19)13(20)7-10)29(28-24-14)17-16(21)26-31-27-17/h2-8H,1H3,(H2,21,26)(H,25,30). The van der Waals surface area contributed by atoms with Crippen LogP contribution in [0.25, 0.3) is 17.1 Å². The normalized spacial score (nSPS) is 11.5. The zero-order valence-corrected chi connectivity index (χ0v) is 17.3. The van der Waals surface area contributed by atoms with Crippen LogP contribution in [0.2, 0.25) is 10.0 Å². The number of anilines is 1. The molecule has 3 N–H and O–H groups in total. The van der Waals surface area contributed by atoms with Gasteiger partial charge in [0.2, 0.25) is 11.6 Å². The molecule has 0 aliphatic heterocycles. The Morgan fingerprint density at radius 3 is 2.74 bits per heavy atom. The van der Waals surface area contributed by atoms with Crippen molar-refractivity contribution in [3.63, 3.8) is 0 Å². The summed E-state index contributed by atoms with van der Waals surface area (Å²) in [6.45, 7) is 1.73. The number of hydrogen-bond acceptors (Lipinski definition) is 9. The predicted molar refractivity (Wildman–Crippen MR) is 113 cm³/mol. The van der Waals surface area contributed by atoms with Crippen molar-refractivity contribution in [1.82, 2.24) is 35.7 Å². The van der Waals surface area contributed by atoms with Crippen molar-refractivity contribution in [2.75, 3.05) is 5.73 Å². The van der Waals surface area contributed by atoms with Crippen molar-refractivity contribution >= 4 is 40.6 Å². The zero-order chi connectivity index (χ0) is 22.0. The van der Waals surface area contributed by atoms with Crippen LogP contribution >= 0.6 is 23.2 Å². The molecule has 0 aliphatic carbocycles. The number of nitrogens with one attached hydrogen (secondary N) is 1. The maximum absolute atomic E-state index is 12.9. The van der Waals surface area contributed by atoms with Crippen LogP contribution in [0.3, 0.4) is 0 Å². The highest BCUT2D eigenvalue weighted by Gasteiger charge is 2.25. The number of nitrogen functional groups attached to an aromatic ring is 1. The van der Waals surface area contributed by atoms with E-state index in [1.165, 1.54) is 4.68 Å². The van der Waals surface area contributed by atoms with Crippen LogP contribution in [0.4, 0.5) is 5.82 Å². The van der Waals surface area contributed by atoms with E-state index in [0.717, 1.165) is 5.56 Å². The molecular weight excluding hydrogens is 445 g/mol. The maximum Gasteiger partial charge on any atom is 0.294 e. The Bertz CT molecular complexity index is 1280. The van der Waals surface area contributed by atoms with Gasteiger partial charge in [-0.05, 0) is 35.4 Å². The van der Waals surface area contributed by atoms with Crippen molar-refractivity contribution in [2.24, 2.45) is 5.10 Å². The van der Waals surface area contributed by atoms with Crippen molar-refractivity contribution in [1.29, 1.82) is 0 Å². The molecule has 1 aromatic carbocycles. The first-order valence-corrected chi connectivity index (χ1v) is 9.46. The fourth-order valence-corrected chi connectivity index (χ4v) is 2.95. The molecule has 11 nitrogen and oxygen atoms in total. The summed E-state index contributed by atoms with van der Waals surface area (Å²) in [7, 11) is 0. The quantitative estimate of drug-likeness (QED) is 0.342. The number of benzene rings is 1. The number of amides is 1. The van der Waals surface area contributed by atoms with Crippen molar-refractivity contribution < 1.29 is 9.42 Å². The molecule has 0 saturated heterocycles. The lowest BCUT2D eigenvalue weighted by Gasteiger charge is -2.07. The van der Waals surface area contributed by atoms with Crippen LogP contribution in [-0.2, 0) is 0 Å². The summed E-state index contributed by atoms with van der Waals surface area (Å²) in [6, 6.07) is 8.36. The molecule has 0 atom stereocenters. The van der Waals surface area contributed by atoms with Gasteiger partial charge < -0.3 is 5.73 Å². The van der Waals surface area contributed by atoms with Gasteiger partial charge in [0.05, 0.1) is 15.8 Å². The molecule has 4 rings (SSSR count). The van der Waals surface area contributed by atoms with Crippen LogP contribution in [0, 0.1) is 0 Å². The Balaban J connectivity index is 1.75.